The Labute approximate surface area is 239 Å². The van der Waals surface area contributed by atoms with Crippen molar-refractivity contribution in [3.05, 3.63) is 82.5 Å². The van der Waals surface area contributed by atoms with Crippen molar-refractivity contribution in [1.82, 2.24) is 10.3 Å². The molecule has 4 aromatic rings. The molecule has 5 heterocycles. The number of rotatable bonds is 3. The Morgan fingerprint density at radius 3 is 2.66 bits per heavy atom. The molecule has 3 amide bonds. The van der Waals surface area contributed by atoms with Crippen molar-refractivity contribution in [3.63, 3.8) is 0 Å². The Kier molecular flexibility index (Phi) is 5.12. The minimum atomic E-state index is -1.46. The number of aromatic nitrogens is 1. The first kappa shape index (κ1) is 24.5. The van der Waals surface area contributed by atoms with Crippen LogP contribution in [0.5, 0.6) is 11.5 Å². The zero-order valence-electron chi connectivity index (χ0n) is 22.0. The lowest BCUT2D eigenvalue weighted by Gasteiger charge is -2.30. The summed E-state index contributed by atoms with van der Waals surface area (Å²) in [6.07, 6.45) is 2.36. The van der Waals surface area contributed by atoms with Gasteiger partial charge in [-0.25, -0.2) is 4.90 Å². The summed E-state index contributed by atoms with van der Waals surface area (Å²) >= 11 is 6.50. The molecular formula is C31H25ClN4O5. The van der Waals surface area contributed by atoms with Gasteiger partial charge in [0.1, 0.15) is 18.8 Å². The maximum Gasteiger partial charge on any atom is 0.250 e. The molecule has 0 unspecified atom stereocenters. The Morgan fingerprint density at radius 2 is 1.80 bits per heavy atom. The van der Waals surface area contributed by atoms with Crippen molar-refractivity contribution in [3.8, 4) is 11.5 Å². The molecule has 3 N–H and O–H groups in total. The maximum atomic E-state index is 14.4. The number of aromatic amines is 1. The van der Waals surface area contributed by atoms with Crippen LogP contribution in [0.4, 0.5) is 11.4 Å². The van der Waals surface area contributed by atoms with Gasteiger partial charge in [0.15, 0.2) is 11.5 Å². The quantitative estimate of drug-likeness (QED) is 0.321. The van der Waals surface area contributed by atoms with Crippen molar-refractivity contribution in [2.24, 2.45) is 11.8 Å². The van der Waals surface area contributed by atoms with E-state index in [9.17, 15) is 14.4 Å². The van der Waals surface area contributed by atoms with Gasteiger partial charge in [0.25, 0.3) is 0 Å². The lowest BCUT2D eigenvalue weighted by atomic mass is 9.76. The van der Waals surface area contributed by atoms with Gasteiger partial charge < -0.3 is 19.8 Å². The number of carbonyl (C=O) groups is 3. The summed E-state index contributed by atoms with van der Waals surface area (Å²) in [5.41, 5.74) is 2.90. The average Bonchev–Trinajstić information content (AvgIpc) is 3.68. The molecule has 0 aliphatic carbocycles. The fraction of sp³-hybridized carbons (Fsp3) is 0.258. The van der Waals surface area contributed by atoms with Gasteiger partial charge in [-0.2, -0.15) is 0 Å². The third kappa shape index (κ3) is 3.30. The summed E-state index contributed by atoms with van der Waals surface area (Å²) in [6, 6.07) is 16.0. The zero-order chi connectivity index (χ0) is 28.0. The van der Waals surface area contributed by atoms with Crippen LogP contribution in [0, 0.1) is 18.8 Å². The summed E-state index contributed by atoms with van der Waals surface area (Å²) in [5, 5.41) is 8.00. The van der Waals surface area contributed by atoms with Gasteiger partial charge in [-0.15, -0.1) is 0 Å². The zero-order valence-corrected chi connectivity index (χ0v) is 22.7. The number of para-hydroxylation sites is 1. The molecule has 0 saturated carbocycles. The van der Waals surface area contributed by atoms with Gasteiger partial charge in [0.2, 0.25) is 17.7 Å². The first-order valence-corrected chi connectivity index (χ1v) is 14.0. The second-order valence-electron chi connectivity index (χ2n) is 11.1. The molecule has 0 radical (unpaired) electrons. The van der Waals surface area contributed by atoms with Crippen LogP contribution in [0.3, 0.4) is 0 Å². The van der Waals surface area contributed by atoms with Crippen molar-refractivity contribution in [2.45, 2.75) is 24.9 Å². The number of ether oxygens (including phenoxy) is 2. The fourth-order valence-electron chi connectivity index (χ4n) is 7.17. The molecule has 41 heavy (non-hydrogen) atoms. The molecule has 4 aliphatic rings. The Morgan fingerprint density at radius 1 is 1.00 bits per heavy atom. The van der Waals surface area contributed by atoms with Crippen LogP contribution < -0.4 is 25.0 Å². The molecule has 4 atom stereocenters. The van der Waals surface area contributed by atoms with Gasteiger partial charge in [-0.3, -0.25) is 19.7 Å². The summed E-state index contributed by atoms with van der Waals surface area (Å²) in [7, 11) is 0. The number of benzene rings is 3. The molecule has 10 heteroatoms. The molecule has 1 aromatic heterocycles. The number of nitrogens with one attached hydrogen (secondary N) is 3. The van der Waals surface area contributed by atoms with Crippen molar-refractivity contribution >= 4 is 51.6 Å². The van der Waals surface area contributed by atoms with Gasteiger partial charge in [-0.1, -0.05) is 29.8 Å². The molecule has 1 spiro atoms. The number of halogens is 1. The lowest BCUT2D eigenvalue weighted by molar-refractivity contribution is -0.130. The first-order valence-electron chi connectivity index (χ1n) is 13.6. The molecule has 3 aromatic carbocycles. The third-order valence-electron chi connectivity index (χ3n) is 8.88. The van der Waals surface area contributed by atoms with E-state index in [4.69, 9.17) is 21.1 Å². The van der Waals surface area contributed by atoms with Crippen LogP contribution in [0.15, 0.2) is 60.8 Å². The van der Waals surface area contributed by atoms with Crippen LogP contribution in [0.25, 0.3) is 10.9 Å². The number of imide groups is 1. The molecule has 206 valence electrons. The first-order chi connectivity index (χ1) is 19.9. The molecule has 2 saturated heterocycles. The van der Waals surface area contributed by atoms with E-state index in [1.807, 2.05) is 37.4 Å². The summed E-state index contributed by atoms with van der Waals surface area (Å²) in [4.78, 5) is 47.1. The highest BCUT2D eigenvalue weighted by Gasteiger charge is 2.70. The highest BCUT2D eigenvalue weighted by Crippen LogP contribution is 2.55. The standard InChI is InChI=1S/C31H25ClN4O5/c1-15-10-17(32)12-20-27(15)34-30(39)31(20)26-25(22(35-31)11-16-14-33-21-5-3-2-4-19(16)21)28(37)36(29(26)38)18-6-7-23-24(13-18)41-9-8-40-23/h2-7,10,12-14,22,25-26,33,35H,8-9,11H2,1H3,(H,34,39)/t22-,25+,26-,31-/m1/s1. The van der Waals surface area contributed by atoms with Crippen LogP contribution in [0.2, 0.25) is 5.02 Å². The Balaban J connectivity index is 1.28. The largest absolute Gasteiger partial charge is 0.486 e. The second-order valence-corrected chi connectivity index (χ2v) is 11.5. The Bertz CT molecular complexity index is 1820. The van der Waals surface area contributed by atoms with Gasteiger partial charge in [-0.05, 0) is 54.8 Å². The topological polar surface area (TPSA) is 113 Å². The SMILES string of the molecule is Cc1cc(Cl)cc2c1NC(=O)[C@@]21N[C@H](Cc2c[nH]c3ccccc23)[C@@H]2C(=O)N(c3ccc4c(c3)OCCO4)C(=O)[C@@H]21. The molecule has 8 rings (SSSR count). The number of anilines is 2. The van der Waals surface area contributed by atoms with E-state index in [2.05, 4.69) is 15.6 Å². The lowest BCUT2D eigenvalue weighted by Crippen LogP contribution is -2.53. The summed E-state index contributed by atoms with van der Waals surface area (Å²) in [5.74, 6) is -1.89. The number of carbonyl (C=O) groups excluding carboxylic acids is 3. The number of fused-ring (bicyclic) bond motifs is 6. The van der Waals surface area contributed by atoms with Crippen LogP contribution in [-0.2, 0) is 26.3 Å². The third-order valence-corrected chi connectivity index (χ3v) is 9.10. The van der Waals surface area contributed by atoms with Crippen molar-refractivity contribution in [2.75, 3.05) is 23.4 Å². The second kappa shape index (κ2) is 8.58. The molecular weight excluding hydrogens is 544 g/mol. The molecule has 2 fully saturated rings. The normalized spacial score (nSPS) is 26.1. The monoisotopic (exact) mass is 568 g/mol. The van der Waals surface area contributed by atoms with E-state index in [0.29, 0.717) is 53.1 Å². The minimum Gasteiger partial charge on any atom is -0.486 e. The van der Waals surface area contributed by atoms with Gasteiger partial charge in [0.05, 0.1) is 17.5 Å². The smallest absolute Gasteiger partial charge is 0.250 e. The highest BCUT2D eigenvalue weighted by atomic mass is 35.5. The predicted octanol–water partition coefficient (Wildman–Crippen LogP) is 4.07. The van der Waals surface area contributed by atoms with E-state index < -0.39 is 29.3 Å². The average molecular weight is 569 g/mol. The number of amides is 3. The van der Waals surface area contributed by atoms with Crippen LogP contribution in [0.1, 0.15) is 16.7 Å². The molecule has 9 nitrogen and oxygen atoms in total. The van der Waals surface area contributed by atoms with Crippen molar-refractivity contribution < 1.29 is 23.9 Å². The fourth-order valence-corrected chi connectivity index (χ4v) is 7.44. The number of hydrogen-bond acceptors (Lipinski definition) is 6. The Hall–Kier alpha value is -4.34. The maximum absolute atomic E-state index is 14.4. The number of nitrogens with zero attached hydrogens (tertiary/aromatic N) is 1. The van der Waals surface area contributed by atoms with E-state index in [1.54, 1.807) is 30.3 Å². The summed E-state index contributed by atoms with van der Waals surface area (Å²) < 4.78 is 11.4. The van der Waals surface area contributed by atoms with Gasteiger partial charge >= 0.3 is 0 Å². The molecule has 0 bridgehead atoms. The number of aryl methyl sites for hydroxylation is 1. The van der Waals surface area contributed by atoms with E-state index in [1.165, 1.54) is 4.90 Å². The number of H-pyrrole nitrogens is 1. The van der Waals surface area contributed by atoms with E-state index in [-0.39, 0.29) is 11.8 Å². The minimum absolute atomic E-state index is 0.356. The number of hydrogen-bond donors (Lipinski definition) is 3. The highest BCUT2D eigenvalue weighted by molar-refractivity contribution is 6.31. The molecule has 4 aliphatic heterocycles. The van der Waals surface area contributed by atoms with E-state index >= 15 is 0 Å². The predicted molar refractivity (Wildman–Crippen MR) is 152 cm³/mol. The van der Waals surface area contributed by atoms with Crippen LogP contribution in [-0.4, -0.2) is 42.0 Å². The van der Waals surface area contributed by atoms with E-state index in [0.717, 1.165) is 22.0 Å². The van der Waals surface area contributed by atoms with Crippen molar-refractivity contribution in [1.29, 1.82) is 0 Å². The van der Waals surface area contributed by atoms with Gasteiger partial charge in [0, 0.05) is 45.5 Å². The van der Waals surface area contributed by atoms with Crippen LogP contribution >= 0.6 is 11.6 Å². The summed E-state index contributed by atoms with van der Waals surface area (Å²) in [6.45, 7) is 2.67.